The average molecular weight is 320 g/mol. The van der Waals surface area contributed by atoms with Crippen molar-refractivity contribution in [3.8, 4) is 5.75 Å². The molecule has 0 aliphatic rings. The first kappa shape index (κ1) is 16.5. The number of ether oxygens (including phenoxy) is 1. The molecule has 1 aromatic carbocycles. The molecule has 122 valence electrons. The summed E-state index contributed by atoms with van der Waals surface area (Å²) in [6.45, 7) is 1.53. The summed E-state index contributed by atoms with van der Waals surface area (Å²) in [7, 11) is 1.35. The summed E-state index contributed by atoms with van der Waals surface area (Å²) in [5.41, 5.74) is 6.09. The molecule has 8 heteroatoms. The van der Waals surface area contributed by atoms with Crippen LogP contribution in [0.3, 0.4) is 0 Å². The predicted octanol–water partition coefficient (Wildman–Crippen LogP) is 1.17. The summed E-state index contributed by atoms with van der Waals surface area (Å²) in [6, 6.07) is 5.34. The highest BCUT2D eigenvalue weighted by atomic mass is 19.1. The number of nitrogens with two attached hydrogens (primary N) is 1. The van der Waals surface area contributed by atoms with Gasteiger partial charge in [-0.2, -0.15) is 0 Å². The Kier molecular flexibility index (Phi) is 4.95. The molecule has 0 unspecified atom stereocenters. The van der Waals surface area contributed by atoms with E-state index >= 15 is 0 Å². The quantitative estimate of drug-likeness (QED) is 0.861. The molecule has 0 radical (unpaired) electrons. The van der Waals surface area contributed by atoms with Gasteiger partial charge in [0.25, 0.3) is 5.56 Å². The van der Waals surface area contributed by atoms with Gasteiger partial charge in [-0.1, -0.05) is 6.92 Å². The number of nitrogens with one attached hydrogen (secondary N) is 1. The number of hydrogen-bond donors (Lipinski definition) is 2. The number of aryl methyl sites for hydroxylation is 1. The summed E-state index contributed by atoms with van der Waals surface area (Å²) in [4.78, 5) is 28.0. The van der Waals surface area contributed by atoms with Gasteiger partial charge in [0.1, 0.15) is 6.54 Å². The Bertz CT molecular complexity index is 789. The van der Waals surface area contributed by atoms with Gasteiger partial charge < -0.3 is 15.8 Å². The maximum absolute atomic E-state index is 13.6. The Labute approximate surface area is 131 Å². The normalized spacial score (nSPS) is 10.4. The minimum atomic E-state index is -0.601. The minimum absolute atomic E-state index is 0.0367. The molecule has 2 aromatic rings. The van der Waals surface area contributed by atoms with Gasteiger partial charge in [-0.3, -0.25) is 14.2 Å². The molecule has 1 aromatic heterocycles. The van der Waals surface area contributed by atoms with E-state index in [0.29, 0.717) is 12.1 Å². The van der Waals surface area contributed by atoms with Gasteiger partial charge in [-0.25, -0.2) is 9.37 Å². The molecule has 0 bridgehead atoms. The zero-order chi connectivity index (χ0) is 17.0. The van der Waals surface area contributed by atoms with Crippen LogP contribution in [0.5, 0.6) is 5.75 Å². The second-order valence-electron chi connectivity index (χ2n) is 4.78. The van der Waals surface area contributed by atoms with Crippen molar-refractivity contribution in [3.05, 3.63) is 46.1 Å². The van der Waals surface area contributed by atoms with E-state index in [1.165, 1.54) is 25.3 Å². The molecule has 3 N–H and O–H groups in total. The Balaban J connectivity index is 2.14. The van der Waals surface area contributed by atoms with Gasteiger partial charge in [0.15, 0.2) is 11.6 Å². The third-order valence-corrected chi connectivity index (χ3v) is 3.19. The zero-order valence-electron chi connectivity index (χ0n) is 12.8. The van der Waals surface area contributed by atoms with Gasteiger partial charge in [-0.15, -0.1) is 0 Å². The smallest absolute Gasteiger partial charge is 0.255 e. The third-order valence-electron chi connectivity index (χ3n) is 3.19. The number of methoxy groups -OCH3 is 1. The highest BCUT2D eigenvalue weighted by molar-refractivity contribution is 5.90. The van der Waals surface area contributed by atoms with Crippen molar-refractivity contribution in [1.82, 2.24) is 9.55 Å². The van der Waals surface area contributed by atoms with E-state index in [-0.39, 0.29) is 23.9 Å². The van der Waals surface area contributed by atoms with E-state index in [9.17, 15) is 14.0 Å². The largest absolute Gasteiger partial charge is 0.494 e. The summed E-state index contributed by atoms with van der Waals surface area (Å²) in [6.07, 6.45) is 0.567. The van der Waals surface area contributed by atoms with Crippen molar-refractivity contribution in [2.75, 3.05) is 18.2 Å². The monoisotopic (exact) mass is 320 g/mol. The second-order valence-corrected chi connectivity index (χ2v) is 4.78. The molecule has 0 fully saturated rings. The van der Waals surface area contributed by atoms with Crippen LogP contribution in [0, 0.1) is 5.82 Å². The van der Waals surface area contributed by atoms with Gasteiger partial charge in [0.05, 0.1) is 7.11 Å². The lowest BCUT2D eigenvalue weighted by atomic mass is 10.3. The summed E-state index contributed by atoms with van der Waals surface area (Å²) < 4.78 is 19.4. The van der Waals surface area contributed by atoms with Crippen LogP contribution in [0.4, 0.5) is 16.0 Å². The average Bonchev–Trinajstić information content (AvgIpc) is 2.50. The van der Waals surface area contributed by atoms with Gasteiger partial charge in [0.2, 0.25) is 11.9 Å². The number of carbonyl (C=O) groups excluding carboxylic acids is 1. The SMILES string of the molecule is CCc1cc(=O)n(CC(=O)Nc2ccc(OC)c(F)c2)c(N)n1. The molecule has 0 saturated heterocycles. The van der Waals surface area contributed by atoms with E-state index in [1.54, 1.807) is 0 Å². The van der Waals surface area contributed by atoms with Gasteiger partial charge in [0, 0.05) is 23.5 Å². The summed E-state index contributed by atoms with van der Waals surface area (Å²) >= 11 is 0. The van der Waals surface area contributed by atoms with Crippen LogP contribution in [0.1, 0.15) is 12.6 Å². The van der Waals surface area contributed by atoms with Crippen molar-refractivity contribution in [3.63, 3.8) is 0 Å². The molecule has 0 spiro atoms. The fourth-order valence-corrected chi connectivity index (χ4v) is 2.00. The van der Waals surface area contributed by atoms with Crippen LogP contribution >= 0.6 is 0 Å². The highest BCUT2D eigenvalue weighted by Crippen LogP contribution is 2.20. The predicted molar refractivity (Wildman–Crippen MR) is 83.9 cm³/mol. The minimum Gasteiger partial charge on any atom is -0.494 e. The van der Waals surface area contributed by atoms with E-state index < -0.39 is 17.3 Å². The number of rotatable bonds is 5. The summed E-state index contributed by atoms with van der Waals surface area (Å²) in [5.74, 6) is -1.08. The Hall–Kier alpha value is -2.90. The first-order chi connectivity index (χ1) is 10.9. The zero-order valence-corrected chi connectivity index (χ0v) is 12.8. The molecular weight excluding hydrogens is 303 g/mol. The van der Waals surface area contributed by atoms with E-state index in [0.717, 1.165) is 10.6 Å². The van der Waals surface area contributed by atoms with Gasteiger partial charge in [-0.05, 0) is 18.6 Å². The Morgan fingerprint density at radius 3 is 2.74 bits per heavy atom. The molecule has 1 heterocycles. The highest BCUT2D eigenvalue weighted by Gasteiger charge is 2.11. The van der Waals surface area contributed by atoms with Crippen molar-refractivity contribution in [2.45, 2.75) is 19.9 Å². The van der Waals surface area contributed by atoms with E-state index in [1.807, 2.05) is 6.92 Å². The number of carbonyl (C=O) groups is 1. The van der Waals surface area contributed by atoms with Crippen molar-refractivity contribution in [2.24, 2.45) is 0 Å². The number of hydrogen-bond acceptors (Lipinski definition) is 5. The van der Waals surface area contributed by atoms with Gasteiger partial charge >= 0.3 is 0 Å². The lowest BCUT2D eigenvalue weighted by molar-refractivity contribution is -0.116. The number of aromatic nitrogens is 2. The number of benzene rings is 1. The maximum Gasteiger partial charge on any atom is 0.255 e. The van der Waals surface area contributed by atoms with E-state index in [2.05, 4.69) is 10.3 Å². The molecule has 0 saturated carbocycles. The lowest BCUT2D eigenvalue weighted by Gasteiger charge is -2.11. The van der Waals surface area contributed by atoms with Crippen molar-refractivity contribution in [1.29, 1.82) is 0 Å². The van der Waals surface area contributed by atoms with Crippen molar-refractivity contribution < 1.29 is 13.9 Å². The second kappa shape index (κ2) is 6.91. The molecule has 0 aliphatic heterocycles. The van der Waals surface area contributed by atoms with Crippen LogP contribution in [0.2, 0.25) is 0 Å². The molecule has 7 nitrogen and oxygen atoms in total. The van der Waals surface area contributed by atoms with Crippen LogP contribution in [0.25, 0.3) is 0 Å². The number of nitrogen functional groups attached to an aromatic ring is 1. The fourth-order valence-electron chi connectivity index (χ4n) is 2.00. The fraction of sp³-hybridized carbons (Fsp3) is 0.267. The maximum atomic E-state index is 13.6. The lowest BCUT2D eigenvalue weighted by Crippen LogP contribution is -2.30. The standard InChI is InChI=1S/C15H17FN4O3/c1-3-9-7-14(22)20(15(17)19-9)8-13(21)18-10-4-5-12(23-2)11(16)6-10/h4-7H,3,8H2,1-2H3,(H2,17,19)(H,18,21). The molecule has 1 amide bonds. The molecule has 23 heavy (non-hydrogen) atoms. The Morgan fingerprint density at radius 2 is 2.17 bits per heavy atom. The molecule has 0 aliphatic carbocycles. The molecule has 0 atom stereocenters. The van der Waals surface area contributed by atoms with Crippen LogP contribution in [-0.4, -0.2) is 22.6 Å². The Morgan fingerprint density at radius 1 is 1.43 bits per heavy atom. The number of amides is 1. The van der Waals surface area contributed by atoms with Crippen LogP contribution in [0.15, 0.2) is 29.1 Å². The first-order valence-electron chi connectivity index (χ1n) is 6.94. The molecule has 2 rings (SSSR count). The van der Waals surface area contributed by atoms with Crippen LogP contribution < -0.4 is 21.3 Å². The third kappa shape index (κ3) is 3.85. The van der Waals surface area contributed by atoms with Crippen LogP contribution in [-0.2, 0) is 17.8 Å². The van der Waals surface area contributed by atoms with E-state index in [4.69, 9.17) is 10.5 Å². The molecular formula is C15H17FN4O3. The topological polar surface area (TPSA) is 99.2 Å². The number of anilines is 2. The van der Waals surface area contributed by atoms with Crippen molar-refractivity contribution >= 4 is 17.5 Å². The summed E-state index contributed by atoms with van der Waals surface area (Å²) in [5, 5.41) is 2.49. The first-order valence-corrected chi connectivity index (χ1v) is 6.94. The number of halogens is 1. The number of nitrogens with zero attached hydrogens (tertiary/aromatic N) is 2.